The number of likely N-dealkylation sites (tertiary alicyclic amines) is 1. The van der Waals surface area contributed by atoms with Crippen LogP contribution >= 0.6 is 0 Å². The third-order valence-corrected chi connectivity index (χ3v) is 6.94. The number of hydrogen-bond acceptors (Lipinski definition) is 2. The Hall–Kier alpha value is -2.13. The first-order valence-corrected chi connectivity index (χ1v) is 10.4. The number of piperidine rings is 1. The molecule has 0 saturated carbocycles. The maximum absolute atomic E-state index is 11.2. The monoisotopic (exact) mass is 361 g/mol. The summed E-state index contributed by atoms with van der Waals surface area (Å²) in [5, 5.41) is 9.23. The summed E-state index contributed by atoms with van der Waals surface area (Å²) in [5.41, 5.74) is 8.71. The molecule has 3 nitrogen and oxygen atoms in total. The van der Waals surface area contributed by atoms with Crippen LogP contribution in [0.25, 0.3) is 11.1 Å². The van der Waals surface area contributed by atoms with Crippen molar-refractivity contribution in [3.05, 3.63) is 58.7 Å². The molecule has 3 aliphatic rings. The van der Waals surface area contributed by atoms with Crippen LogP contribution in [0.15, 0.2) is 36.4 Å². The maximum atomic E-state index is 11.2. The van der Waals surface area contributed by atoms with Crippen LogP contribution in [-0.4, -0.2) is 29.1 Å². The summed E-state index contributed by atoms with van der Waals surface area (Å²) in [5.74, 6) is -0.773. The standard InChI is InChI=1S/C24H27NO2/c26-24(27)17-10-12-25(13-11-17)23-9-7-21-15-20(6-8-22(21)23)19-5-4-16-2-1-3-18(16)14-19/h4-6,8,14-15,17,23H,1-3,7,9-13H2,(H,26,27)/t23-/m0/s1. The van der Waals surface area contributed by atoms with Gasteiger partial charge in [-0.3, -0.25) is 9.69 Å². The second-order valence-electron chi connectivity index (χ2n) is 8.45. The van der Waals surface area contributed by atoms with Gasteiger partial charge in [-0.05, 0) is 91.4 Å². The van der Waals surface area contributed by atoms with Gasteiger partial charge in [0.05, 0.1) is 5.92 Å². The lowest BCUT2D eigenvalue weighted by molar-refractivity contribution is -0.143. The van der Waals surface area contributed by atoms with E-state index in [4.69, 9.17) is 0 Å². The van der Waals surface area contributed by atoms with E-state index in [9.17, 15) is 9.90 Å². The highest BCUT2D eigenvalue weighted by Gasteiger charge is 2.32. The molecule has 1 aliphatic heterocycles. The van der Waals surface area contributed by atoms with Gasteiger partial charge in [-0.25, -0.2) is 0 Å². The van der Waals surface area contributed by atoms with E-state index >= 15 is 0 Å². The molecule has 2 aromatic rings. The van der Waals surface area contributed by atoms with Crippen LogP contribution in [0.1, 0.15) is 54.0 Å². The summed E-state index contributed by atoms with van der Waals surface area (Å²) in [6.45, 7) is 1.82. The number of aliphatic carboxylic acids is 1. The van der Waals surface area contributed by atoms with Crippen molar-refractivity contribution in [3.63, 3.8) is 0 Å². The van der Waals surface area contributed by atoms with Crippen LogP contribution in [0.2, 0.25) is 0 Å². The zero-order valence-electron chi connectivity index (χ0n) is 15.8. The number of carboxylic acid groups (broad SMARTS) is 1. The number of aryl methyl sites for hydroxylation is 3. The molecule has 0 spiro atoms. The first kappa shape index (κ1) is 17.0. The molecule has 27 heavy (non-hydrogen) atoms. The lowest BCUT2D eigenvalue weighted by Gasteiger charge is -2.35. The molecule has 0 amide bonds. The Kier molecular flexibility index (Phi) is 4.28. The summed E-state index contributed by atoms with van der Waals surface area (Å²) >= 11 is 0. The number of carboxylic acids is 1. The van der Waals surface area contributed by atoms with E-state index in [1.54, 1.807) is 0 Å². The van der Waals surface area contributed by atoms with Crippen LogP contribution in [0.4, 0.5) is 0 Å². The normalized spacial score (nSPS) is 22.6. The Labute approximate surface area is 161 Å². The van der Waals surface area contributed by atoms with E-state index < -0.39 is 5.97 Å². The van der Waals surface area contributed by atoms with Crippen LogP contribution in [0.5, 0.6) is 0 Å². The van der Waals surface area contributed by atoms with Crippen LogP contribution in [0.3, 0.4) is 0 Å². The van der Waals surface area contributed by atoms with Gasteiger partial charge in [-0.15, -0.1) is 0 Å². The molecule has 3 heteroatoms. The number of benzene rings is 2. The first-order valence-electron chi connectivity index (χ1n) is 10.4. The molecule has 2 aliphatic carbocycles. The molecule has 140 valence electrons. The van der Waals surface area contributed by atoms with Crippen LogP contribution in [-0.2, 0) is 24.1 Å². The number of fused-ring (bicyclic) bond motifs is 2. The van der Waals surface area contributed by atoms with Crippen molar-refractivity contribution in [2.75, 3.05) is 13.1 Å². The van der Waals surface area contributed by atoms with E-state index in [-0.39, 0.29) is 5.92 Å². The van der Waals surface area contributed by atoms with Gasteiger partial charge < -0.3 is 5.11 Å². The minimum atomic E-state index is -0.625. The second-order valence-corrected chi connectivity index (χ2v) is 8.45. The largest absolute Gasteiger partial charge is 0.481 e. The van der Waals surface area contributed by atoms with Gasteiger partial charge in [0, 0.05) is 6.04 Å². The fourth-order valence-electron chi connectivity index (χ4n) is 5.36. The maximum Gasteiger partial charge on any atom is 0.306 e. The topological polar surface area (TPSA) is 40.5 Å². The van der Waals surface area contributed by atoms with Gasteiger partial charge in [0.1, 0.15) is 0 Å². The molecule has 0 radical (unpaired) electrons. The molecule has 1 saturated heterocycles. The minimum absolute atomic E-state index is 0.149. The van der Waals surface area contributed by atoms with Gasteiger partial charge in [0.15, 0.2) is 0 Å². The third-order valence-electron chi connectivity index (χ3n) is 6.94. The molecule has 1 heterocycles. The average molecular weight is 361 g/mol. The molecule has 1 atom stereocenters. The summed E-state index contributed by atoms with van der Waals surface area (Å²) in [7, 11) is 0. The molecule has 0 unspecified atom stereocenters. The van der Waals surface area contributed by atoms with E-state index in [0.717, 1.165) is 32.4 Å². The Bertz CT molecular complexity index is 880. The van der Waals surface area contributed by atoms with E-state index in [1.807, 2.05) is 0 Å². The van der Waals surface area contributed by atoms with E-state index in [2.05, 4.69) is 41.3 Å². The lowest BCUT2D eigenvalue weighted by Crippen LogP contribution is -2.38. The fraction of sp³-hybridized carbons (Fsp3) is 0.458. The van der Waals surface area contributed by atoms with Crippen molar-refractivity contribution in [3.8, 4) is 11.1 Å². The molecule has 2 aromatic carbocycles. The summed E-state index contributed by atoms with van der Waals surface area (Å²) < 4.78 is 0. The smallest absolute Gasteiger partial charge is 0.306 e. The molecule has 1 N–H and O–H groups in total. The van der Waals surface area contributed by atoms with Crippen molar-refractivity contribution in [1.29, 1.82) is 0 Å². The molecule has 5 rings (SSSR count). The van der Waals surface area contributed by atoms with Crippen LogP contribution < -0.4 is 0 Å². The summed E-state index contributed by atoms with van der Waals surface area (Å²) in [6.07, 6.45) is 7.63. The van der Waals surface area contributed by atoms with Crippen molar-refractivity contribution >= 4 is 5.97 Å². The van der Waals surface area contributed by atoms with Crippen molar-refractivity contribution in [2.45, 2.75) is 51.0 Å². The highest BCUT2D eigenvalue weighted by atomic mass is 16.4. The molecule has 0 aromatic heterocycles. The number of nitrogens with zero attached hydrogens (tertiary/aromatic N) is 1. The molecule has 0 bridgehead atoms. The zero-order valence-corrected chi connectivity index (χ0v) is 15.8. The van der Waals surface area contributed by atoms with Gasteiger partial charge in [-0.2, -0.15) is 0 Å². The first-order chi connectivity index (χ1) is 13.2. The quantitative estimate of drug-likeness (QED) is 0.867. The van der Waals surface area contributed by atoms with Crippen molar-refractivity contribution < 1.29 is 9.90 Å². The third kappa shape index (κ3) is 3.08. The summed E-state index contributed by atoms with van der Waals surface area (Å²) in [4.78, 5) is 13.7. The molecule has 1 fully saturated rings. The Morgan fingerprint density at radius 2 is 1.56 bits per heavy atom. The lowest BCUT2D eigenvalue weighted by atomic mass is 9.94. The molecular weight excluding hydrogens is 334 g/mol. The Balaban J connectivity index is 1.36. The van der Waals surface area contributed by atoms with Gasteiger partial charge >= 0.3 is 5.97 Å². The highest BCUT2D eigenvalue weighted by molar-refractivity contribution is 5.70. The van der Waals surface area contributed by atoms with Gasteiger partial charge in [0.25, 0.3) is 0 Å². The van der Waals surface area contributed by atoms with Crippen molar-refractivity contribution in [2.24, 2.45) is 5.92 Å². The van der Waals surface area contributed by atoms with Gasteiger partial charge in [0.2, 0.25) is 0 Å². The predicted octanol–water partition coefficient (Wildman–Crippen LogP) is 4.63. The van der Waals surface area contributed by atoms with Crippen LogP contribution in [0, 0.1) is 5.92 Å². The number of hydrogen-bond donors (Lipinski definition) is 1. The Morgan fingerprint density at radius 3 is 2.33 bits per heavy atom. The number of rotatable bonds is 3. The van der Waals surface area contributed by atoms with E-state index in [1.165, 1.54) is 59.1 Å². The van der Waals surface area contributed by atoms with Crippen molar-refractivity contribution in [1.82, 2.24) is 4.90 Å². The Morgan fingerprint density at radius 1 is 0.852 bits per heavy atom. The predicted molar refractivity (Wildman–Crippen MR) is 107 cm³/mol. The zero-order chi connectivity index (χ0) is 18.4. The highest BCUT2D eigenvalue weighted by Crippen LogP contribution is 2.40. The summed E-state index contributed by atoms with van der Waals surface area (Å²) in [6, 6.07) is 14.5. The average Bonchev–Trinajstić information content (AvgIpc) is 3.33. The number of carbonyl (C=O) groups is 1. The molecular formula is C24H27NO2. The minimum Gasteiger partial charge on any atom is -0.481 e. The fourth-order valence-corrected chi connectivity index (χ4v) is 5.36. The van der Waals surface area contributed by atoms with Gasteiger partial charge in [-0.1, -0.05) is 36.4 Å². The SMILES string of the molecule is O=C(O)C1CCN([C@H]2CCc3cc(-c4ccc5c(c4)CCC5)ccc32)CC1. The second kappa shape index (κ2) is 6.79. The van der Waals surface area contributed by atoms with E-state index in [0.29, 0.717) is 6.04 Å².